The van der Waals surface area contributed by atoms with Crippen LogP contribution in [0.3, 0.4) is 0 Å². The number of benzene rings is 1. The van der Waals surface area contributed by atoms with Crippen molar-refractivity contribution in [1.29, 1.82) is 0 Å². The summed E-state index contributed by atoms with van der Waals surface area (Å²) >= 11 is 0. The van der Waals surface area contributed by atoms with Crippen LogP contribution in [0, 0.1) is 6.92 Å². The molecule has 0 fully saturated rings. The number of nitrogens with one attached hydrogen (secondary N) is 1. The lowest BCUT2D eigenvalue weighted by Crippen LogP contribution is -2.13. The summed E-state index contributed by atoms with van der Waals surface area (Å²) in [5.41, 5.74) is 2.93. The smallest absolute Gasteiger partial charge is 0.156 e. The third-order valence-corrected chi connectivity index (χ3v) is 3.34. The Morgan fingerprint density at radius 3 is 2.86 bits per heavy atom. The highest BCUT2D eigenvalue weighted by molar-refractivity contribution is 5.84. The molecule has 6 heteroatoms. The van der Waals surface area contributed by atoms with Crippen molar-refractivity contribution in [2.75, 3.05) is 11.9 Å². The number of hydrogen-bond acceptors (Lipinski definition) is 6. The van der Waals surface area contributed by atoms with Gasteiger partial charge in [-0.1, -0.05) is 12.1 Å². The third-order valence-electron chi connectivity index (χ3n) is 3.34. The molecule has 22 heavy (non-hydrogen) atoms. The molecule has 2 aromatic heterocycles. The minimum atomic E-state index is -0.762. The third kappa shape index (κ3) is 2.96. The molecule has 0 saturated heterocycles. The average Bonchev–Trinajstić information content (AvgIpc) is 2.52. The van der Waals surface area contributed by atoms with Crippen LogP contribution >= 0.6 is 0 Å². The van der Waals surface area contributed by atoms with Gasteiger partial charge in [0.1, 0.15) is 17.6 Å². The van der Waals surface area contributed by atoms with E-state index in [1.54, 1.807) is 18.2 Å². The predicted molar refractivity (Wildman–Crippen MR) is 83.6 cm³/mol. The maximum Gasteiger partial charge on any atom is 0.156 e. The van der Waals surface area contributed by atoms with Crippen LogP contribution in [-0.2, 0) is 0 Å². The maximum absolute atomic E-state index is 10.2. The van der Waals surface area contributed by atoms with Gasteiger partial charge in [-0.3, -0.25) is 0 Å². The Labute approximate surface area is 127 Å². The first-order valence-corrected chi connectivity index (χ1v) is 6.93. The molecule has 0 radical (unpaired) electrons. The van der Waals surface area contributed by atoms with E-state index in [2.05, 4.69) is 20.3 Å². The van der Waals surface area contributed by atoms with Gasteiger partial charge < -0.3 is 15.5 Å². The number of fused-ring (bicyclic) bond motifs is 1. The molecule has 1 unspecified atom stereocenters. The molecule has 3 aromatic rings. The molecule has 0 amide bonds. The van der Waals surface area contributed by atoms with Crippen LogP contribution < -0.4 is 5.32 Å². The summed E-state index contributed by atoms with van der Waals surface area (Å²) in [6.45, 7) is 2.16. The molecule has 0 aliphatic heterocycles. The summed E-state index contributed by atoms with van der Waals surface area (Å²) in [5, 5.41) is 22.7. The summed E-state index contributed by atoms with van der Waals surface area (Å²) in [5.74, 6) is 0.703. The van der Waals surface area contributed by atoms with E-state index in [-0.39, 0.29) is 12.3 Å². The van der Waals surface area contributed by atoms with Gasteiger partial charge in [0, 0.05) is 12.2 Å². The molecular weight excluding hydrogens is 280 g/mol. The molecule has 1 aromatic carbocycles. The van der Waals surface area contributed by atoms with Gasteiger partial charge in [-0.2, -0.15) is 0 Å². The second-order valence-corrected chi connectivity index (χ2v) is 5.03. The number of pyridine rings is 1. The van der Waals surface area contributed by atoms with E-state index < -0.39 is 6.10 Å². The van der Waals surface area contributed by atoms with E-state index in [1.807, 2.05) is 19.1 Å². The fourth-order valence-corrected chi connectivity index (χ4v) is 2.21. The topological polar surface area (TPSA) is 91.2 Å². The summed E-state index contributed by atoms with van der Waals surface area (Å²) in [4.78, 5) is 12.8. The van der Waals surface area contributed by atoms with Gasteiger partial charge in [-0.25, -0.2) is 15.0 Å². The first-order valence-electron chi connectivity index (χ1n) is 6.93. The number of phenolic OH excluding ortho intramolecular Hbond substituents is 1. The van der Waals surface area contributed by atoms with E-state index >= 15 is 0 Å². The van der Waals surface area contributed by atoms with Gasteiger partial charge in [0.25, 0.3) is 0 Å². The second-order valence-electron chi connectivity index (χ2n) is 5.03. The van der Waals surface area contributed by atoms with Gasteiger partial charge in [0.15, 0.2) is 5.82 Å². The number of aryl methyl sites for hydroxylation is 1. The summed E-state index contributed by atoms with van der Waals surface area (Å²) in [6, 6.07) is 10.3. The van der Waals surface area contributed by atoms with Gasteiger partial charge in [-0.05, 0) is 36.8 Å². The Kier molecular flexibility index (Phi) is 3.84. The minimum absolute atomic E-state index is 0.126. The number of hydrogen-bond donors (Lipinski definition) is 3. The molecule has 0 bridgehead atoms. The molecule has 6 nitrogen and oxygen atoms in total. The van der Waals surface area contributed by atoms with Crippen molar-refractivity contribution in [2.45, 2.75) is 13.0 Å². The van der Waals surface area contributed by atoms with Gasteiger partial charge in [-0.15, -0.1) is 0 Å². The molecule has 0 aliphatic carbocycles. The van der Waals surface area contributed by atoms with Crippen LogP contribution in [0.1, 0.15) is 17.4 Å². The molecule has 0 aliphatic rings. The molecule has 112 valence electrons. The fraction of sp³-hybridized carbons (Fsp3) is 0.188. The van der Waals surface area contributed by atoms with E-state index in [0.29, 0.717) is 16.9 Å². The van der Waals surface area contributed by atoms with E-state index in [4.69, 9.17) is 0 Å². The minimum Gasteiger partial charge on any atom is -0.508 e. The Morgan fingerprint density at radius 2 is 2.05 bits per heavy atom. The van der Waals surface area contributed by atoms with Crippen molar-refractivity contribution < 1.29 is 10.2 Å². The van der Waals surface area contributed by atoms with Crippen molar-refractivity contribution in [1.82, 2.24) is 15.0 Å². The SMILES string of the molecule is Cc1ccc2ncnc(NCC(O)c3cccc(O)c3)c2n1. The average molecular weight is 296 g/mol. The van der Waals surface area contributed by atoms with E-state index in [0.717, 1.165) is 11.2 Å². The van der Waals surface area contributed by atoms with Crippen LogP contribution in [0.4, 0.5) is 5.82 Å². The van der Waals surface area contributed by atoms with Crippen molar-refractivity contribution in [2.24, 2.45) is 0 Å². The molecule has 0 spiro atoms. The first kappa shape index (κ1) is 14.2. The van der Waals surface area contributed by atoms with Gasteiger partial charge in [0.2, 0.25) is 0 Å². The lowest BCUT2D eigenvalue weighted by Gasteiger charge is -2.13. The Morgan fingerprint density at radius 1 is 1.18 bits per heavy atom. The summed E-state index contributed by atoms with van der Waals surface area (Å²) in [7, 11) is 0. The number of rotatable bonds is 4. The van der Waals surface area contributed by atoms with Gasteiger partial charge in [0.05, 0.1) is 11.6 Å². The lowest BCUT2D eigenvalue weighted by molar-refractivity contribution is 0.191. The molecule has 2 heterocycles. The molecule has 3 N–H and O–H groups in total. The Balaban J connectivity index is 1.80. The highest BCUT2D eigenvalue weighted by Crippen LogP contribution is 2.21. The van der Waals surface area contributed by atoms with Crippen LogP contribution in [0.5, 0.6) is 5.75 Å². The predicted octanol–water partition coefficient (Wildman–Crippen LogP) is 2.18. The maximum atomic E-state index is 10.2. The van der Waals surface area contributed by atoms with Crippen molar-refractivity contribution >= 4 is 16.9 Å². The molecular formula is C16H16N4O2. The highest BCUT2D eigenvalue weighted by atomic mass is 16.3. The van der Waals surface area contributed by atoms with Crippen LogP contribution in [0.15, 0.2) is 42.7 Å². The Hall–Kier alpha value is -2.73. The number of aliphatic hydroxyl groups excluding tert-OH is 1. The summed E-state index contributed by atoms with van der Waals surface area (Å²) in [6.07, 6.45) is 0.699. The van der Waals surface area contributed by atoms with Crippen molar-refractivity contribution in [3.05, 3.63) is 54.0 Å². The van der Waals surface area contributed by atoms with Crippen LogP contribution in [0.2, 0.25) is 0 Å². The number of aliphatic hydroxyl groups is 1. The quantitative estimate of drug-likeness (QED) is 0.683. The number of anilines is 1. The van der Waals surface area contributed by atoms with Gasteiger partial charge >= 0.3 is 0 Å². The number of phenols is 1. The molecule has 3 rings (SSSR count). The first-order chi connectivity index (χ1) is 10.6. The summed E-state index contributed by atoms with van der Waals surface area (Å²) < 4.78 is 0. The van der Waals surface area contributed by atoms with E-state index in [9.17, 15) is 10.2 Å². The van der Waals surface area contributed by atoms with Crippen molar-refractivity contribution in [3.63, 3.8) is 0 Å². The van der Waals surface area contributed by atoms with Crippen LogP contribution in [-0.4, -0.2) is 31.7 Å². The number of aromatic nitrogens is 3. The standard InChI is InChI=1S/C16H16N4O2/c1-10-5-6-13-15(20-10)16(19-9-18-13)17-8-14(22)11-3-2-4-12(21)7-11/h2-7,9,14,21-22H,8H2,1H3,(H,17,18,19). The van der Waals surface area contributed by atoms with Crippen molar-refractivity contribution in [3.8, 4) is 5.75 Å². The second kappa shape index (κ2) is 5.95. The zero-order chi connectivity index (χ0) is 15.5. The van der Waals surface area contributed by atoms with E-state index in [1.165, 1.54) is 12.4 Å². The Bertz CT molecular complexity index is 807. The number of nitrogens with zero attached hydrogens (tertiary/aromatic N) is 3. The lowest BCUT2D eigenvalue weighted by atomic mass is 10.1. The zero-order valence-electron chi connectivity index (χ0n) is 12.1. The highest BCUT2D eigenvalue weighted by Gasteiger charge is 2.10. The largest absolute Gasteiger partial charge is 0.508 e. The monoisotopic (exact) mass is 296 g/mol. The fourth-order valence-electron chi connectivity index (χ4n) is 2.21. The van der Waals surface area contributed by atoms with Crippen LogP contribution in [0.25, 0.3) is 11.0 Å². The molecule has 0 saturated carbocycles. The molecule has 1 atom stereocenters. The zero-order valence-corrected chi connectivity index (χ0v) is 12.1. The normalized spacial score (nSPS) is 12.3. The number of aromatic hydroxyl groups is 1.